The zero-order valence-corrected chi connectivity index (χ0v) is 17.2. The molecule has 9 heteroatoms. The maximum Gasteiger partial charge on any atom is 0.266 e. The number of amides is 1. The van der Waals surface area contributed by atoms with Gasteiger partial charge in [0.25, 0.3) is 15.9 Å². The van der Waals surface area contributed by atoms with Gasteiger partial charge < -0.3 is 14.2 Å². The molecule has 2 rings (SSSR count). The summed E-state index contributed by atoms with van der Waals surface area (Å²) in [6.45, 7) is 4.03. The molecule has 0 radical (unpaired) electrons. The lowest BCUT2D eigenvalue weighted by atomic mass is 10.0. The van der Waals surface area contributed by atoms with Crippen molar-refractivity contribution in [2.24, 2.45) is 0 Å². The van der Waals surface area contributed by atoms with Gasteiger partial charge in [-0.15, -0.1) is 4.83 Å². The van der Waals surface area contributed by atoms with E-state index in [4.69, 9.17) is 14.2 Å². The Hall–Kier alpha value is -2.78. The van der Waals surface area contributed by atoms with E-state index in [1.54, 1.807) is 12.1 Å². The number of carbonyl (C=O) groups excluding carboxylic acids is 1. The largest absolute Gasteiger partial charge is 0.493 e. The molecule has 0 aliphatic heterocycles. The van der Waals surface area contributed by atoms with Crippen LogP contribution >= 0.6 is 0 Å². The molecule has 0 heterocycles. The molecule has 0 aliphatic rings. The van der Waals surface area contributed by atoms with Gasteiger partial charge in [-0.25, -0.2) is 8.42 Å². The van der Waals surface area contributed by atoms with E-state index in [2.05, 4.69) is 10.3 Å². The summed E-state index contributed by atoms with van der Waals surface area (Å²) < 4.78 is 40.4. The lowest BCUT2D eigenvalue weighted by Gasteiger charge is -2.14. The van der Waals surface area contributed by atoms with Crippen LogP contribution in [0.5, 0.6) is 17.2 Å². The third-order valence-electron chi connectivity index (χ3n) is 4.08. The maximum atomic E-state index is 12.4. The number of rotatable bonds is 8. The molecule has 152 valence electrons. The SMILES string of the molecule is COc1cc(C(=O)NNS(=O)(=O)c2ccc(C(C)C)cc2)cc(OC)c1OC. The van der Waals surface area contributed by atoms with E-state index in [1.165, 1.54) is 45.6 Å². The molecule has 0 unspecified atom stereocenters. The number of hydrogen-bond acceptors (Lipinski definition) is 6. The highest BCUT2D eigenvalue weighted by Gasteiger charge is 2.19. The fraction of sp³-hybridized carbons (Fsp3) is 0.316. The summed E-state index contributed by atoms with van der Waals surface area (Å²) in [5, 5.41) is 0. The Morgan fingerprint density at radius 2 is 1.46 bits per heavy atom. The van der Waals surface area contributed by atoms with Crippen LogP contribution < -0.4 is 24.5 Å². The fourth-order valence-electron chi connectivity index (χ4n) is 2.49. The topological polar surface area (TPSA) is 103 Å². The summed E-state index contributed by atoms with van der Waals surface area (Å²) in [7, 11) is 0.362. The third-order valence-corrected chi connectivity index (χ3v) is 5.35. The number of carbonyl (C=O) groups is 1. The molecule has 8 nitrogen and oxygen atoms in total. The summed E-state index contributed by atoms with van der Waals surface area (Å²) >= 11 is 0. The standard InChI is InChI=1S/C19H24N2O6S/c1-12(2)13-6-8-15(9-7-13)28(23,24)21-20-19(22)14-10-16(25-3)18(27-5)17(11-14)26-4/h6-12,21H,1-5H3,(H,20,22). The van der Waals surface area contributed by atoms with Crippen LogP contribution in [0, 0.1) is 0 Å². The van der Waals surface area contributed by atoms with E-state index in [0.29, 0.717) is 5.75 Å². The second kappa shape index (κ2) is 8.94. The predicted molar refractivity (Wildman–Crippen MR) is 104 cm³/mol. The molecule has 0 saturated carbocycles. The molecule has 2 aromatic rings. The monoisotopic (exact) mass is 408 g/mol. The summed E-state index contributed by atoms with van der Waals surface area (Å²) in [5.41, 5.74) is 3.33. The first kappa shape index (κ1) is 21.5. The number of ether oxygens (including phenoxy) is 3. The first-order chi connectivity index (χ1) is 13.2. The highest BCUT2D eigenvalue weighted by molar-refractivity contribution is 7.89. The van der Waals surface area contributed by atoms with E-state index in [0.717, 1.165) is 5.56 Å². The molecule has 2 aromatic carbocycles. The molecular weight excluding hydrogens is 384 g/mol. The number of benzene rings is 2. The van der Waals surface area contributed by atoms with Gasteiger partial charge in [-0.05, 0) is 35.7 Å². The fourth-order valence-corrected chi connectivity index (χ4v) is 3.33. The number of nitrogens with one attached hydrogen (secondary N) is 2. The van der Waals surface area contributed by atoms with Crippen molar-refractivity contribution in [2.45, 2.75) is 24.7 Å². The predicted octanol–water partition coefficient (Wildman–Crippen LogP) is 2.46. The van der Waals surface area contributed by atoms with E-state index in [1.807, 2.05) is 13.8 Å². The van der Waals surface area contributed by atoms with Crippen molar-refractivity contribution in [3.8, 4) is 17.2 Å². The van der Waals surface area contributed by atoms with Gasteiger partial charge in [0.1, 0.15) is 0 Å². The Morgan fingerprint density at radius 3 is 1.89 bits per heavy atom. The second-order valence-corrected chi connectivity index (χ2v) is 7.88. The van der Waals surface area contributed by atoms with Crippen molar-refractivity contribution in [1.82, 2.24) is 10.3 Å². The van der Waals surface area contributed by atoms with Gasteiger partial charge in [0.05, 0.1) is 26.2 Å². The minimum atomic E-state index is -3.92. The molecular formula is C19H24N2O6S. The Kier molecular flexibility index (Phi) is 6.87. The van der Waals surface area contributed by atoms with Gasteiger partial charge >= 0.3 is 0 Å². The van der Waals surface area contributed by atoms with Crippen LogP contribution in [0.1, 0.15) is 35.7 Å². The lowest BCUT2D eigenvalue weighted by Crippen LogP contribution is -2.41. The summed E-state index contributed by atoms with van der Waals surface area (Å²) in [6, 6.07) is 9.29. The normalized spacial score (nSPS) is 11.2. The highest BCUT2D eigenvalue weighted by Crippen LogP contribution is 2.38. The molecule has 0 bridgehead atoms. The van der Waals surface area contributed by atoms with Gasteiger partial charge in [-0.3, -0.25) is 10.2 Å². The van der Waals surface area contributed by atoms with Crippen LogP contribution in [0.3, 0.4) is 0 Å². The van der Waals surface area contributed by atoms with Crippen LogP contribution in [0.2, 0.25) is 0 Å². The Morgan fingerprint density at radius 1 is 0.929 bits per heavy atom. The smallest absolute Gasteiger partial charge is 0.266 e. The molecule has 0 saturated heterocycles. The van der Waals surface area contributed by atoms with Crippen LogP contribution in [-0.4, -0.2) is 35.7 Å². The first-order valence-corrected chi connectivity index (χ1v) is 9.94. The zero-order valence-electron chi connectivity index (χ0n) is 16.4. The molecule has 28 heavy (non-hydrogen) atoms. The van der Waals surface area contributed by atoms with Gasteiger partial charge in [-0.2, -0.15) is 0 Å². The summed E-state index contributed by atoms with van der Waals surface area (Å²) in [4.78, 5) is 14.5. The molecule has 0 fully saturated rings. The minimum Gasteiger partial charge on any atom is -0.493 e. The molecule has 2 N–H and O–H groups in total. The van der Waals surface area contributed by atoms with E-state index < -0.39 is 15.9 Å². The second-order valence-electron chi connectivity index (χ2n) is 6.20. The molecule has 1 amide bonds. The van der Waals surface area contributed by atoms with Gasteiger partial charge in [0, 0.05) is 5.56 Å². The van der Waals surface area contributed by atoms with Gasteiger partial charge in [-0.1, -0.05) is 26.0 Å². The lowest BCUT2D eigenvalue weighted by molar-refractivity contribution is 0.0944. The van der Waals surface area contributed by atoms with E-state index in [-0.39, 0.29) is 27.9 Å². The third kappa shape index (κ3) is 4.73. The van der Waals surface area contributed by atoms with Crippen LogP contribution in [0.15, 0.2) is 41.3 Å². The average Bonchev–Trinajstić information content (AvgIpc) is 2.70. The summed E-state index contributed by atoms with van der Waals surface area (Å²) in [5.74, 6) is 0.483. The van der Waals surface area contributed by atoms with E-state index >= 15 is 0 Å². The van der Waals surface area contributed by atoms with Crippen LogP contribution in [-0.2, 0) is 10.0 Å². The van der Waals surface area contributed by atoms with Crippen LogP contribution in [0.25, 0.3) is 0 Å². The van der Waals surface area contributed by atoms with Gasteiger partial charge in [0.2, 0.25) is 5.75 Å². The van der Waals surface area contributed by atoms with Gasteiger partial charge in [0.15, 0.2) is 11.5 Å². The number of hydrogen-bond donors (Lipinski definition) is 2. The average molecular weight is 408 g/mol. The number of sulfonamides is 1. The molecule has 0 atom stereocenters. The Balaban J connectivity index is 2.18. The Bertz CT molecular complexity index is 914. The molecule has 0 spiro atoms. The van der Waals surface area contributed by atoms with Crippen molar-refractivity contribution >= 4 is 15.9 Å². The van der Waals surface area contributed by atoms with Crippen molar-refractivity contribution < 1.29 is 27.4 Å². The quantitative estimate of drug-likeness (QED) is 0.651. The zero-order chi connectivity index (χ0) is 20.9. The Labute approximate surface area is 164 Å². The van der Waals surface area contributed by atoms with Crippen molar-refractivity contribution in [3.05, 3.63) is 47.5 Å². The molecule has 0 aliphatic carbocycles. The van der Waals surface area contributed by atoms with Crippen molar-refractivity contribution in [2.75, 3.05) is 21.3 Å². The molecule has 0 aromatic heterocycles. The summed E-state index contributed by atoms with van der Waals surface area (Å²) in [6.07, 6.45) is 0. The first-order valence-electron chi connectivity index (χ1n) is 8.45. The minimum absolute atomic E-state index is 0.0436. The van der Waals surface area contributed by atoms with Crippen molar-refractivity contribution in [1.29, 1.82) is 0 Å². The van der Waals surface area contributed by atoms with Crippen molar-refractivity contribution in [3.63, 3.8) is 0 Å². The van der Waals surface area contributed by atoms with E-state index in [9.17, 15) is 13.2 Å². The van der Waals surface area contributed by atoms with Crippen LogP contribution in [0.4, 0.5) is 0 Å². The maximum absolute atomic E-state index is 12.4. The number of hydrazine groups is 1. The highest BCUT2D eigenvalue weighted by atomic mass is 32.2. The number of methoxy groups -OCH3 is 3.